The van der Waals surface area contributed by atoms with Crippen molar-refractivity contribution >= 4 is 18.3 Å². The fourth-order valence-corrected chi connectivity index (χ4v) is 5.13. The van der Waals surface area contributed by atoms with E-state index in [1.807, 2.05) is 29.2 Å². The van der Waals surface area contributed by atoms with Crippen LogP contribution >= 0.6 is 12.4 Å². The monoisotopic (exact) mass is 528 g/mol. The summed E-state index contributed by atoms with van der Waals surface area (Å²) >= 11 is 0. The van der Waals surface area contributed by atoms with Gasteiger partial charge in [-0.25, -0.2) is 0 Å². The van der Waals surface area contributed by atoms with Gasteiger partial charge < -0.3 is 19.9 Å². The molecule has 36 heavy (non-hydrogen) atoms. The number of primary amides is 1. The maximum atomic E-state index is 13.1. The summed E-state index contributed by atoms with van der Waals surface area (Å²) in [4.78, 5) is 14.8. The molecule has 10 heteroatoms. The first-order valence-corrected chi connectivity index (χ1v) is 11.8. The zero-order valence-corrected chi connectivity index (χ0v) is 21.1. The molecule has 198 valence electrons. The van der Waals surface area contributed by atoms with Crippen LogP contribution in [0.5, 0.6) is 11.5 Å². The number of hydrogen-bond donors (Lipinski definition) is 1. The van der Waals surface area contributed by atoms with Crippen LogP contribution in [0.3, 0.4) is 0 Å². The van der Waals surface area contributed by atoms with E-state index >= 15 is 0 Å². The first kappa shape index (κ1) is 28.1. The standard InChI is InChI=1S/C26H31F3N2O4.ClH/c1-17(18-6-8-20(33-2)9-7-18)23-15-25(24(30)32,11-13-34-23)31-12-10-22(16-31)35-21-5-3-4-19(14-21)26(27,28)29;/h3-9,14,17,22-23H,10-13,15-16H2,1-2H3,(H2,30,32);1H/t17-,22+,23?,25?;/m0./s1. The molecule has 2 unspecified atom stereocenters. The average Bonchev–Trinajstić information content (AvgIpc) is 3.32. The number of benzene rings is 2. The van der Waals surface area contributed by atoms with Crippen LogP contribution in [-0.4, -0.2) is 55.4 Å². The van der Waals surface area contributed by atoms with Gasteiger partial charge in [0.2, 0.25) is 5.91 Å². The van der Waals surface area contributed by atoms with Crippen molar-refractivity contribution in [1.82, 2.24) is 4.90 Å². The van der Waals surface area contributed by atoms with Gasteiger partial charge in [-0.3, -0.25) is 9.69 Å². The van der Waals surface area contributed by atoms with Crippen LogP contribution in [0.25, 0.3) is 0 Å². The number of nitrogens with two attached hydrogens (primary N) is 1. The predicted octanol–water partition coefficient (Wildman–Crippen LogP) is 4.80. The minimum atomic E-state index is -4.44. The van der Waals surface area contributed by atoms with Crippen LogP contribution in [0.15, 0.2) is 48.5 Å². The molecule has 6 nitrogen and oxygen atoms in total. The lowest BCUT2D eigenvalue weighted by atomic mass is 9.79. The quantitative estimate of drug-likeness (QED) is 0.559. The van der Waals surface area contributed by atoms with E-state index < -0.39 is 23.2 Å². The summed E-state index contributed by atoms with van der Waals surface area (Å²) in [5, 5.41) is 0. The molecular weight excluding hydrogens is 497 g/mol. The van der Waals surface area contributed by atoms with Crippen molar-refractivity contribution < 1.29 is 32.2 Å². The average molecular weight is 529 g/mol. The van der Waals surface area contributed by atoms with Crippen LogP contribution in [0.1, 0.15) is 43.2 Å². The van der Waals surface area contributed by atoms with E-state index in [1.165, 1.54) is 12.1 Å². The van der Waals surface area contributed by atoms with Crippen LogP contribution in [0.2, 0.25) is 0 Å². The summed E-state index contributed by atoms with van der Waals surface area (Å²) in [5.74, 6) is 0.547. The molecule has 4 rings (SSSR count). The highest BCUT2D eigenvalue weighted by molar-refractivity contribution is 5.85. The van der Waals surface area contributed by atoms with E-state index in [-0.39, 0.29) is 36.3 Å². The van der Waals surface area contributed by atoms with Crippen molar-refractivity contribution in [3.05, 3.63) is 59.7 Å². The summed E-state index contributed by atoms with van der Waals surface area (Å²) in [6.45, 7) is 3.43. The normalized spacial score (nSPS) is 25.6. The third-order valence-electron chi connectivity index (χ3n) is 7.26. The Morgan fingerprint density at radius 2 is 1.92 bits per heavy atom. The fourth-order valence-electron chi connectivity index (χ4n) is 5.13. The maximum Gasteiger partial charge on any atom is 0.416 e. The second kappa shape index (κ2) is 11.3. The van der Waals surface area contributed by atoms with Crippen molar-refractivity contribution in [2.75, 3.05) is 26.8 Å². The molecule has 2 aliphatic rings. The van der Waals surface area contributed by atoms with Gasteiger partial charge >= 0.3 is 6.18 Å². The van der Waals surface area contributed by atoms with Crippen LogP contribution in [0.4, 0.5) is 13.2 Å². The Morgan fingerprint density at radius 1 is 1.19 bits per heavy atom. The molecule has 2 N–H and O–H groups in total. The maximum absolute atomic E-state index is 13.1. The minimum absolute atomic E-state index is 0. The Kier molecular flexibility index (Phi) is 8.80. The topological polar surface area (TPSA) is 74.0 Å². The molecule has 2 aliphatic heterocycles. The molecule has 2 saturated heterocycles. The van der Waals surface area contributed by atoms with E-state index in [2.05, 4.69) is 6.92 Å². The molecule has 0 spiro atoms. The number of methoxy groups -OCH3 is 1. The lowest BCUT2D eigenvalue weighted by molar-refractivity contribution is -0.142. The summed E-state index contributed by atoms with van der Waals surface area (Å²) < 4.78 is 56.4. The molecule has 0 saturated carbocycles. The third-order valence-corrected chi connectivity index (χ3v) is 7.26. The largest absolute Gasteiger partial charge is 0.497 e. The second-order valence-corrected chi connectivity index (χ2v) is 9.32. The van der Waals surface area contributed by atoms with E-state index in [1.54, 1.807) is 7.11 Å². The Labute approximate surface area is 215 Å². The number of alkyl halides is 3. The lowest BCUT2D eigenvalue weighted by Crippen LogP contribution is -2.61. The number of likely N-dealkylation sites (tertiary alicyclic amines) is 1. The van der Waals surface area contributed by atoms with Crippen molar-refractivity contribution in [3.63, 3.8) is 0 Å². The molecule has 0 aliphatic carbocycles. The van der Waals surface area contributed by atoms with Crippen molar-refractivity contribution in [1.29, 1.82) is 0 Å². The lowest BCUT2D eigenvalue weighted by Gasteiger charge is -2.46. The Hall–Kier alpha value is -2.49. The highest BCUT2D eigenvalue weighted by Gasteiger charge is 2.50. The van der Waals surface area contributed by atoms with Gasteiger partial charge in [-0.15, -0.1) is 12.4 Å². The Bertz CT molecular complexity index is 1040. The summed E-state index contributed by atoms with van der Waals surface area (Å²) in [5.41, 5.74) is 5.40. The summed E-state index contributed by atoms with van der Waals surface area (Å²) in [6.07, 6.45) is -3.50. The van der Waals surface area contributed by atoms with Gasteiger partial charge in [-0.2, -0.15) is 13.2 Å². The fraction of sp³-hybridized carbons (Fsp3) is 0.500. The number of amides is 1. The highest BCUT2D eigenvalue weighted by atomic mass is 35.5. The van der Waals surface area contributed by atoms with Gasteiger partial charge in [-0.05, 0) is 48.7 Å². The molecule has 2 heterocycles. The third kappa shape index (κ3) is 5.90. The highest BCUT2D eigenvalue weighted by Crippen LogP contribution is 2.39. The number of nitrogens with zero attached hydrogens (tertiary/aromatic N) is 1. The second-order valence-electron chi connectivity index (χ2n) is 9.32. The number of carbonyl (C=O) groups is 1. The van der Waals surface area contributed by atoms with Crippen LogP contribution in [-0.2, 0) is 15.7 Å². The summed E-state index contributed by atoms with van der Waals surface area (Å²) in [7, 11) is 1.62. The van der Waals surface area contributed by atoms with Crippen molar-refractivity contribution in [3.8, 4) is 11.5 Å². The zero-order chi connectivity index (χ0) is 25.2. The summed E-state index contributed by atoms with van der Waals surface area (Å²) in [6, 6.07) is 12.6. The van der Waals surface area contributed by atoms with Gasteiger partial charge in [0.15, 0.2) is 0 Å². The molecule has 0 aromatic heterocycles. The molecule has 4 atom stereocenters. The molecule has 2 fully saturated rings. The number of carbonyl (C=O) groups excluding carboxylic acids is 1. The SMILES string of the molecule is COc1ccc([C@H](C)C2CC(C(N)=O)(N3CC[C@@H](Oc4cccc(C(F)(F)F)c4)C3)CCO2)cc1.Cl. The molecular formula is C26H32ClF3N2O4. The zero-order valence-electron chi connectivity index (χ0n) is 20.3. The van der Waals surface area contributed by atoms with Crippen LogP contribution in [0, 0.1) is 0 Å². The van der Waals surface area contributed by atoms with Gasteiger partial charge in [-0.1, -0.05) is 25.1 Å². The van der Waals surface area contributed by atoms with Crippen molar-refractivity contribution in [2.24, 2.45) is 5.73 Å². The van der Waals surface area contributed by atoms with Gasteiger partial charge in [0.1, 0.15) is 23.1 Å². The van der Waals surface area contributed by atoms with Crippen LogP contribution < -0.4 is 15.2 Å². The number of hydrogen-bond acceptors (Lipinski definition) is 5. The van der Waals surface area contributed by atoms with E-state index in [4.69, 9.17) is 19.9 Å². The first-order chi connectivity index (χ1) is 16.6. The van der Waals surface area contributed by atoms with Crippen molar-refractivity contribution in [2.45, 2.75) is 56.0 Å². The minimum Gasteiger partial charge on any atom is -0.497 e. The van der Waals surface area contributed by atoms with Gasteiger partial charge in [0, 0.05) is 32.0 Å². The molecule has 0 bridgehead atoms. The predicted molar refractivity (Wildman–Crippen MR) is 132 cm³/mol. The Morgan fingerprint density at radius 3 is 2.56 bits per heavy atom. The molecule has 0 radical (unpaired) electrons. The van der Waals surface area contributed by atoms with E-state index in [0.717, 1.165) is 23.4 Å². The van der Waals surface area contributed by atoms with Gasteiger partial charge in [0.05, 0.1) is 18.8 Å². The number of halogens is 4. The number of rotatable bonds is 7. The molecule has 1 amide bonds. The number of ether oxygens (including phenoxy) is 3. The molecule has 2 aromatic rings. The van der Waals surface area contributed by atoms with E-state index in [9.17, 15) is 18.0 Å². The molecule has 2 aromatic carbocycles. The smallest absolute Gasteiger partial charge is 0.416 e. The Balaban J connectivity index is 0.00000361. The van der Waals surface area contributed by atoms with Gasteiger partial charge in [0.25, 0.3) is 0 Å². The van der Waals surface area contributed by atoms with E-state index in [0.29, 0.717) is 39.0 Å². The first-order valence-electron chi connectivity index (χ1n) is 11.8.